The number of likely N-dealkylation sites (N-methyl/N-ethyl adjacent to an activating group) is 1. The molecule has 2 aliphatic rings. The van der Waals surface area contributed by atoms with Gasteiger partial charge in [0.1, 0.15) is 0 Å². The van der Waals surface area contributed by atoms with Gasteiger partial charge in [0, 0.05) is 63.3 Å². The Morgan fingerprint density at radius 3 is 2.20 bits per heavy atom. The van der Waals surface area contributed by atoms with Gasteiger partial charge in [0.05, 0.1) is 6.61 Å². The molecule has 0 aromatic carbocycles. The number of nitrogens with zero attached hydrogens (tertiary/aromatic N) is 6. The molecule has 1 N–H and O–H groups in total. The van der Waals surface area contributed by atoms with Crippen LogP contribution in [-0.4, -0.2) is 102 Å². The van der Waals surface area contributed by atoms with Gasteiger partial charge in [-0.05, 0) is 40.0 Å². The lowest BCUT2D eigenvalue weighted by molar-refractivity contribution is 0.0939. The summed E-state index contributed by atoms with van der Waals surface area (Å²) in [4.78, 5) is 18.5. The Kier molecular flexibility index (Phi) is 6.58. The minimum Gasteiger partial charge on any atom is -0.395 e. The van der Waals surface area contributed by atoms with E-state index in [9.17, 15) is 5.11 Å². The van der Waals surface area contributed by atoms with E-state index in [0.29, 0.717) is 12.6 Å². The van der Waals surface area contributed by atoms with Gasteiger partial charge in [0.15, 0.2) is 0 Å². The minimum absolute atomic E-state index is 0.201. The smallest absolute Gasteiger partial charge is 0.225 e. The highest BCUT2D eigenvalue weighted by atomic mass is 16.3. The second kappa shape index (κ2) is 8.89. The first-order valence-electron chi connectivity index (χ1n) is 9.43. The van der Waals surface area contributed by atoms with Crippen LogP contribution in [-0.2, 0) is 6.54 Å². The van der Waals surface area contributed by atoms with E-state index in [1.54, 1.807) is 0 Å². The fourth-order valence-electron chi connectivity index (χ4n) is 3.71. The van der Waals surface area contributed by atoms with Crippen LogP contribution in [0.4, 0.5) is 5.95 Å². The van der Waals surface area contributed by atoms with Crippen molar-refractivity contribution in [3.8, 4) is 0 Å². The van der Waals surface area contributed by atoms with Gasteiger partial charge in [-0.25, -0.2) is 9.97 Å². The van der Waals surface area contributed by atoms with E-state index in [1.807, 2.05) is 12.4 Å². The molecule has 7 nitrogen and oxygen atoms in total. The van der Waals surface area contributed by atoms with E-state index < -0.39 is 0 Å². The van der Waals surface area contributed by atoms with Gasteiger partial charge in [0.25, 0.3) is 0 Å². The number of rotatable bonds is 6. The van der Waals surface area contributed by atoms with E-state index in [4.69, 9.17) is 0 Å². The number of anilines is 1. The van der Waals surface area contributed by atoms with Crippen molar-refractivity contribution < 1.29 is 5.11 Å². The molecule has 140 valence electrons. The number of hydrogen-bond acceptors (Lipinski definition) is 7. The Morgan fingerprint density at radius 1 is 1.00 bits per heavy atom. The van der Waals surface area contributed by atoms with Gasteiger partial charge in [-0.3, -0.25) is 4.90 Å². The van der Waals surface area contributed by atoms with Gasteiger partial charge in [-0.2, -0.15) is 0 Å². The van der Waals surface area contributed by atoms with Crippen molar-refractivity contribution >= 4 is 5.95 Å². The molecule has 1 aromatic rings. The lowest BCUT2D eigenvalue weighted by Gasteiger charge is -2.37. The summed E-state index contributed by atoms with van der Waals surface area (Å²) in [6.07, 6.45) is 6.24. The van der Waals surface area contributed by atoms with Gasteiger partial charge < -0.3 is 19.8 Å². The second-order valence-electron chi connectivity index (χ2n) is 7.41. The molecule has 0 spiro atoms. The van der Waals surface area contributed by atoms with Crippen LogP contribution in [0, 0.1) is 0 Å². The van der Waals surface area contributed by atoms with E-state index in [2.05, 4.69) is 43.7 Å². The van der Waals surface area contributed by atoms with Crippen LogP contribution >= 0.6 is 0 Å². The fraction of sp³-hybridized carbons (Fsp3) is 0.778. The molecule has 0 saturated carbocycles. The molecule has 2 fully saturated rings. The monoisotopic (exact) mass is 348 g/mol. The molecule has 1 aromatic heterocycles. The molecule has 3 heterocycles. The summed E-state index contributed by atoms with van der Waals surface area (Å²) in [6.45, 7) is 8.09. The highest BCUT2D eigenvalue weighted by molar-refractivity contribution is 5.30. The van der Waals surface area contributed by atoms with Crippen LogP contribution in [0.2, 0.25) is 0 Å². The van der Waals surface area contributed by atoms with Crippen molar-refractivity contribution in [3.63, 3.8) is 0 Å². The third-order valence-electron chi connectivity index (χ3n) is 5.46. The summed E-state index contributed by atoms with van der Waals surface area (Å²) in [6, 6.07) is 0.542. The first-order chi connectivity index (χ1) is 12.2. The SMILES string of the molecule is CN1CCC(N(CCO)Cc2cnc(N3CCN(C)CC3)nc2)CC1. The van der Waals surface area contributed by atoms with Crippen LogP contribution in [0.3, 0.4) is 0 Å². The standard InChI is InChI=1S/C18H32N6O/c1-21-5-3-17(4-6-21)24(11-12-25)15-16-13-19-18(20-14-16)23-9-7-22(2)8-10-23/h13-14,17,25H,3-12,15H2,1-2H3. The largest absolute Gasteiger partial charge is 0.395 e. The van der Waals surface area contributed by atoms with E-state index in [-0.39, 0.29) is 6.61 Å². The van der Waals surface area contributed by atoms with Crippen molar-refractivity contribution in [1.82, 2.24) is 24.7 Å². The summed E-state index contributed by atoms with van der Waals surface area (Å²) < 4.78 is 0. The summed E-state index contributed by atoms with van der Waals surface area (Å²) in [5, 5.41) is 9.44. The predicted octanol–water partition coefficient (Wildman–Crippen LogP) is 0.117. The van der Waals surface area contributed by atoms with E-state index in [1.165, 1.54) is 0 Å². The number of hydrogen-bond donors (Lipinski definition) is 1. The number of aromatic nitrogens is 2. The van der Waals surface area contributed by atoms with Crippen LogP contribution in [0.15, 0.2) is 12.4 Å². The molecule has 0 amide bonds. The Bertz CT molecular complexity index is 509. The molecule has 2 aliphatic heterocycles. The Hall–Kier alpha value is -1.28. The molecule has 0 unspecified atom stereocenters. The van der Waals surface area contributed by atoms with Crippen molar-refractivity contribution in [2.75, 3.05) is 71.4 Å². The maximum Gasteiger partial charge on any atom is 0.225 e. The van der Waals surface area contributed by atoms with Gasteiger partial charge in [-0.1, -0.05) is 0 Å². The van der Waals surface area contributed by atoms with Crippen LogP contribution < -0.4 is 4.90 Å². The van der Waals surface area contributed by atoms with Crippen LogP contribution in [0.1, 0.15) is 18.4 Å². The third-order valence-corrected chi connectivity index (χ3v) is 5.46. The molecule has 0 aliphatic carbocycles. The zero-order valence-corrected chi connectivity index (χ0v) is 15.6. The van der Waals surface area contributed by atoms with Gasteiger partial charge >= 0.3 is 0 Å². The van der Waals surface area contributed by atoms with E-state index in [0.717, 1.165) is 70.2 Å². The van der Waals surface area contributed by atoms with Crippen molar-refractivity contribution in [2.45, 2.75) is 25.4 Å². The Morgan fingerprint density at radius 2 is 1.60 bits per heavy atom. The highest BCUT2D eigenvalue weighted by Gasteiger charge is 2.23. The maximum atomic E-state index is 9.44. The zero-order valence-electron chi connectivity index (χ0n) is 15.6. The molecular formula is C18H32N6O. The molecular weight excluding hydrogens is 316 g/mol. The normalized spacial score (nSPS) is 21.2. The lowest BCUT2D eigenvalue weighted by atomic mass is 10.0. The molecule has 25 heavy (non-hydrogen) atoms. The van der Waals surface area contributed by atoms with Crippen molar-refractivity contribution in [3.05, 3.63) is 18.0 Å². The topological polar surface area (TPSA) is 59.0 Å². The van der Waals surface area contributed by atoms with Crippen LogP contribution in [0.25, 0.3) is 0 Å². The number of aliphatic hydroxyl groups excluding tert-OH is 1. The van der Waals surface area contributed by atoms with Crippen LogP contribution in [0.5, 0.6) is 0 Å². The van der Waals surface area contributed by atoms with Gasteiger partial charge in [-0.15, -0.1) is 0 Å². The maximum absolute atomic E-state index is 9.44. The predicted molar refractivity (Wildman–Crippen MR) is 99.8 cm³/mol. The molecule has 7 heteroatoms. The summed E-state index contributed by atoms with van der Waals surface area (Å²) in [5.74, 6) is 0.838. The molecule has 3 rings (SSSR count). The van der Waals surface area contributed by atoms with E-state index >= 15 is 0 Å². The minimum atomic E-state index is 0.201. The van der Waals surface area contributed by atoms with Gasteiger partial charge in [0.2, 0.25) is 5.95 Å². The van der Waals surface area contributed by atoms with Crippen molar-refractivity contribution in [1.29, 1.82) is 0 Å². The Labute approximate surface area is 151 Å². The molecule has 0 atom stereocenters. The lowest BCUT2D eigenvalue weighted by Crippen LogP contribution is -2.45. The highest BCUT2D eigenvalue weighted by Crippen LogP contribution is 2.18. The average Bonchev–Trinajstić information content (AvgIpc) is 2.63. The summed E-state index contributed by atoms with van der Waals surface area (Å²) >= 11 is 0. The second-order valence-corrected chi connectivity index (χ2v) is 7.41. The number of likely N-dealkylation sites (tertiary alicyclic amines) is 1. The molecule has 0 radical (unpaired) electrons. The summed E-state index contributed by atoms with van der Waals surface area (Å²) in [5.41, 5.74) is 1.13. The number of aliphatic hydroxyl groups is 1. The first kappa shape index (κ1) is 18.5. The Balaban J connectivity index is 1.58. The summed E-state index contributed by atoms with van der Waals surface area (Å²) in [7, 11) is 4.33. The average molecular weight is 348 g/mol. The first-order valence-corrected chi connectivity index (χ1v) is 9.43. The van der Waals surface area contributed by atoms with Crippen molar-refractivity contribution in [2.24, 2.45) is 0 Å². The zero-order chi connectivity index (χ0) is 17.6. The quantitative estimate of drug-likeness (QED) is 0.783. The molecule has 2 saturated heterocycles. The molecule has 0 bridgehead atoms. The number of piperidine rings is 1. The third kappa shape index (κ3) is 5.10. The fourth-order valence-corrected chi connectivity index (χ4v) is 3.71. The number of piperazine rings is 1.